The van der Waals surface area contributed by atoms with E-state index < -0.39 is 18.2 Å². The summed E-state index contributed by atoms with van der Waals surface area (Å²) in [6.45, 7) is 5.37. The number of esters is 1. The lowest BCUT2D eigenvalue weighted by Gasteiger charge is -2.25. The maximum atomic E-state index is 13.6. The topological polar surface area (TPSA) is 99.9 Å². The molecule has 1 aromatic heterocycles. The molecule has 0 saturated carbocycles. The fraction of sp³-hybridized carbons (Fsp3) is 0.440. The van der Waals surface area contributed by atoms with Crippen LogP contribution in [-0.4, -0.2) is 45.1 Å². The molecule has 32 heavy (non-hydrogen) atoms. The molecule has 3 rings (SSSR count). The van der Waals surface area contributed by atoms with Crippen LogP contribution in [0.5, 0.6) is 0 Å². The van der Waals surface area contributed by atoms with Crippen molar-refractivity contribution in [2.45, 2.75) is 64.3 Å². The number of halogens is 1. The van der Waals surface area contributed by atoms with Crippen LogP contribution in [0.4, 0.5) is 4.39 Å². The van der Waals surface area contributed by atoms with Gasteiger partial charge in [-0.05, 0) is 35.3 Å². The first-order valence-corrected chi connectivity index (χ1v) is 10.8. The van der Waals surface area contributed by atoms with Crippen LogP contribution in [0, 0.1) is 5.82 Å². The van der Waals surface area contributed by atoms with Gasteiger partial charge in [0, 0.05) is 23.5 Å². The van der Waals surface area contributed by atoms with Crippen molar-refractivity contribution in [2.75, 3.05) is 6.61 Å². The summed E-state index contributed by atoms with van der Waals surface area (Å²) >= 11 is 0. The summed E-state index contributed by atoms with van der Waals surface area (Å²) in [7, 11) is 0. The van der Waals surface area contributed by atoms with Crippen LogP contribution in [0.15, 0.2) is 30.3 Å². The maximum Gasteiger partial charge on any atom is 0.309 e. The predicted octanol–water partition coefficient (Wildman–Crippen LogP) is 3.68. The molecule has 1 fully saturated rings. The molecule has 172 valence electrons. The van der Waals surface area contributed by atoms with Crippen LogP contribution >= 0.6 is 0 Å². The van der Waals surface area contributed by atoms with Crippen molar-refractivity contribution in [1.29, 1.82) is 0 Å². The molecule has 1 saturated heterocycles. The molecule has 3 N–H and O–H groups in total. The lowest BCUT2D eigenvalue weighted by atomic mass is 9.86. The molecule has 0 spiro atoms. The zero-order valence-electron chi connectivity index (χ0n) is 18.6. The number of nitrogens with zero attached hydrogens (tertiary/aromatic N) is 1. The number of hydrogen-bond donors (Lipinski definition) is 3. The van der Waals surface area contributed by atoms with E-state index in [0.29, 0.717) is 28.8 Å². The number of hydrogen-bond acceptors (Lipinski definition) is 6. The Morgan fingerprint density at radius 3 is 2.44 bits per heavy atom. The molecule has 3 atom stereocenters. The van der Waals surface area contributed by atoms with E-state index in [1.54, 1.807) is 24.3 Å². The summed E-state index contributed by atoms with van der Waals surface area (Å²) < 4.78 is 19.0. The van der Waals surface area contributed by atoms with Gasteiger partial charge in [0.05, 0.1) is 37.1 Å². The Morgan fingerprint density at radius 2 is 1.88 bits per heavy atom. The second-order valence-electron chi connectivity index (χ2n) is 8.53. The minimum atomic E-state index is -0.758. The molecule has 7 heteroatoms. The van der Waals surface area contributed by atoms with Crippen LogP contribution in [0.1, 0.15) is 68.0 Å². The summed E-state index contributed by atoms with van der Waals surface area (Å²) in [4.78, 5) is 16.5. The molecule has 0 unspecified atom stereocenters. The molecule has 2 heterocycles. The maximum absolute atomic E-state index is 13.6. The molecule has 0 aliphatic carbocycles. The minimum Gasteiger partial charge on any atom is -0.458 e. The monoisotopic (exact) mass is 443 g/mol. The van der Waals surface area contributed by atoms with Gasteiger partial charge in [-0.2, -0.15) is 0 Å². The van der Waals surface area contributed by atoms with Crippen LogP contribution in [0.3, 0.4) is 0 Å². The molecular weight excluding hydrogens is 413 g/mol. The van der Waals surface area contributed by atoms with Gasteiger partial charge in [0.25, 0.3) is 0 Å². The van der Waals surface area contributed by atoms with E-state index in [9.17, 15) is 24.5 Å². The summed E-state index contributed by atoms with van der Waals surface area (Å²) in [5.74, 6) is -1.13. The Labute approximate surface area is 187 Å². The number of ether oxygens (including phenoxy) is 1. The molecule has 1 aliphatic rings. The average molecular weight is 444 g/mol. The second-order valence-corrected chi connectivity index (χ2v) is 8.53. The number of carbonyl (C=O) groups excluding carboxylic acids is 1. The Kier molecular flexibility index (Phi) is 7.77. The molecule has 1 aromatic carbocycles. The van der Waals surface area contributed by atoms with Gasteiger partial charge in [0.1, 0.15) is 11.9 Å². The largest absolute Gasteiger partial charge is 0.458 e. The van der Waals surface area contributed by atoms with E-state index in [-0.39, 0.29) is 37.3 Å². The Balaban J connectivity index is 2.24. The first-order chi connectivity index (χ1) is 15.2. The highest BCUT2D eigenvalue weighted by Gasteiger charge is 2.27. The van der Waals surface area contributed by atoms with Gasteiger partial charge >= 0.3 is 5.97 Å². The lowest BCUT2D eigenvalue weighted by molar-refractivity contribution is -0.156. The van der Waals surface area contributed by atoms with Gasteiger partial charge in [0.2, 0.25) is 0 Å². The third-order valence-electron chi connectivity index (χ3n) is 5.64. The molecule has 1 aliphatic heterocycles. The minimum absolute atomic E-state index is 0.00531. The number of pyridine rings is 1. The number of rotatable bonds is 7. The fourth-order valence-electron chi connectivity index (χ4n) is 4.02. The summed E-state index contributed by atoms with van der Waals surface area (Å²) in [5, 5.41) is 30.0. The number of aromatic nitrogens is 1. The highest BCUT2D eigenvalue weighted by Crippen LogP contribution is 2.37. The Hall–Kier alpha value is -2.61. The van der Waals surface area contributed by atoms with E-state index in [2.05, 4.69) is 0 Å². The highest BCUT2D eigenvalue weighted by atomic mass is 19.1. The van der Waals surface area contributed by atoms with Crippen molar-refractivity contribution < 1.29 is 29.2 Å². The Bertz CT molecular complexity index is 987. The average Bonchev–Trinajstić information content (AvgIpc) is 2.75. The lowest BCUT2D eigenvalue weighted by Crippen LogP contribution is -2.31. The number of aliphatic hydroxyl groups is 3. The highest BCUT2D eigenvalue weighted by molar-refractivity contribution is 5.80. The van der Waals surface area contributed by atoms with Gasteiger partial charge in [-0.3, -0.25) is 9.78 Å². The summed E-state index contributed by atoms with van der Waals surface area (Å²) in [5.41, 5.74) is 4.01. The summed E-state index contributed by atoms with van der Waals surface area (Å²) in [6.07, 6.45) is 2.44. The Morgan fingerprint density at radius 1 is 1.19 bits per heavy atom. The molecule has 0 bridgehead atoms. The molecule has 0 radical (unpaired) electrons. The van der Waals surface area contributed by atoms with Crippen molar-refractivity contribution >= 4 is 12.0 Å². The SMILES string of the molecule is CC(C)c1nc([C@H](C)CO)c(CO)c(-c2ccc(F)cc2)c1/C=C/[C@@H]1C[C@@H](O)CC(=O)O1. The van der Waals surface area contributed by atoms with Gasteiger partial charge in [-0.1, -0.05) is 39.0 Å². The number of benzene rings is 1. The number of carbonyl (C=O) groups is 1. The van der Waals surface area contributed by atoms with Crippen molar-refractivity contribution in [3.8, 4) is 11.1 Å². The molecule has 6 nitrogen and oxygen atoms in total. The number of aliphatic hydroxyl groups excluding tert-OH is 3. The van der Waals surface area contributed by atoms with Gasteiger partial charge < -0.3 is 20.1 Å². The first-order valence-electron chi connectivity index (χ1n) is 10.8. The normalized spacial score (nSPS) is 20.1. The van der Waals surface area contributed by atoms with E-state index in [4.69, 9.17) is 9.72 Å². The van der Waals surface area contributed by atoms with Crippen molar-refractivity contribution in [2.24, 2.45) is 0 Å². The van der Waals surface area contributed by atoms with Crippen LogP contribution in [-0.2, 0) is 16.1 Å². The molecule has 2 aromatic rings. The van der Waals surface area contributed by atoms with Crippen LogP contribution < -0.4 is 0 Å². The van der Waals surface area contributed by atoms with E-state index in [1.165, 1.54) is 12.1 Å². The quantitative estimate of drug-likeness (QED) is 0.565. The van der Waals surface area contributed by atoms with Crippen molar-refractivity contribution in [3.63, 3.8) is 0 Å². The zero-order chi connectivity index (χ0) is 23.4. The summed E-state index contributed by atoms with van der Waals surface area (Å²) in [6, 6.07) is 5.99. The third kappa shape index (κ3) is 5.23. The zero-order valence-corrected chi connectivity index (χ0v) is 18.6. The van der Waals surface area contributed by atoms with E-state index in [0.717, 1.165) is 11.3 Å². The standard InChI is InChI=1S/C25H30FNO5/c1-14(2)24-20(9-8-19-10-18(30)11-22(31)32-19)23(16-4-6-17(26)7-5-16)21(13-29)25(27-24)15(3)12-28/h4-9,14-15,18-19,28-30H,10-13H2,1-3H3/b9-8+/t15-,18-,19-/m1/s1. The molecular formula is C25H30FNO5. The molecule has 0 amide bonds. The second kappa shape index (κ2) is 10.3. The van der Waals surface area contributed by atoms with Gasteiger partial charge in [-0.25, -0.2) is 4.39 Å². The van der Waals surface area contributed by atoms with Crippen LogP contribution in [0.25, 0.3) is 17.2 Å². The fourth-order valence-corrected chi connectivity index (χ4v) is 4.02. The first kappa shape index (κ1) is 24.0. The van der Waals surface area contributed by atoms with Gasteiger partial charge in [0.15, 0.2) is 0 Å². The van der Waals surface area contributed by atoms with Crippen LogP contribution in [0.2, 0.25) is 0 Å². The van der Waals surface area contributed by atoms with Crippen molar-refractivity contribution in [1.82, 2.24) is 4.98 Å². The number of cyclic esters (lactones) is 1. The third-order valence-corrected chi connectivity index (χ3v) is 5.64. The van der Waals surface area contributed by atoms with Crippen molar-refractivity contribution in [3.05, 3.63) is 58.7 Å². The van der Waals surface area contributed by atoms with E-state index in [1.807, 2.05) is 20.8 Å². The predicted molar refractivity (Wildman–Crippen MR) is 119 cm³/mol. The van der Waals surface area contributed by atoms with Gasteiger partial charge in [-0.15, -0.1) is 0 Å². The van der Waals surface area contributed by atoms with E-state index >= 15 is 0 Å². The smallest absolute Gasteiger partial charge is 0.309 e.